The van der Waals surface area contributed by atoms with Crippen LogP contribution in [-0.2, 0) is 14.8 Å². The molecule has 0 amide bonds. The molecule has 1 saturated carbocycles. The molecule has 0 N–H and O–H groups in total. The maximum atomic E-state index is 12.8. The normalized spacial score (nSPS) is 19.1. The summed E-state index contributed by atoms with van der Waals surface area (Å²) in [4.78, 5) is 11.2. The van der Waals surface area contributed by atoms with Crippen LogP contribution in [0, 0.1) is 10.1 Å². The fourth-order valence-corrected chi connectivity index (χ4v) is 5.89. The SMILES string of the molecule is O=[N+]([O-])c1cc(S(=O)(=O)N2CCOCC2)ccc1Sc1nnc(C2CCCCC2)o1. The van der Waals surface area contributed by atoms with E-state index in [9.17, 15) is 18.5 Å². The lowest BCUT2D eigenvalue weighted by Gasteiger charge is -2.26. The number of sulfonamides is 1. The summed E-state index contributed by atoms with van der Waals surface area (Å²) in [5.74, 6) is 0.794. The first-order valence-corrected chi connectivity index (χ1v) is 12.1. The van der Waals surface area contributed by atoms with Gasteiger partial charge in [-0.25, -0.2) is 8.42 Å². The van der Waals surface area contributed by atoms with Gasteiger partial charge in [0.1, 0.15) is 0 Å². The molecule has 2 fully saturated rings. The molecule has 1 aromatic heterocycles. The highest BCUT2D eigenvalue weighted by atomic mass is 32.2. The van der Waals surface area contributed by atoms with Crippen LogP contribution in [0.1, 0.15) is 43.9 Å². The maximum absolute atomic E-state index is 12.8. The molecule has 30 heavy (non-hydrogen) atoms. The number of rotatable bonds is 6. The summed E-state index contributed by atoms with van der Waals surface area (Å²) < 4.78 is 37.8. The van der Waals surface area contributed by atoms with Crippen molar-refractivity contribution in [3.63, 3.8) is 0 Å². The Kier molecular flexibility index (Phi) is 6.37. The van der Waals surface area contributed by atoms with E-state index in [2.05, 4.69) is 10.2 Å². The molecule has 2 aliphatic rings. The molecule has 2 heterocycles. The zero-order valence-electron chi connectivity index (χ0n) is 16.2. The van der Waals surface area contributed by atoms with E-state index in [-0.39, 0.29) is 39.7 Å². The predicted molar refractivity (Wildman–Crippen MR) is 107 cm³/mol. The van der Waals surface area contributed by atoms with Gasteiger partial charge in [-0.3, -0.25) is 10.1 Å². The summed E-state index contributed by atoms with van der Waals surface area (Å²) >= 11 is 0.972. The van der Waals surface area contributed by atoms with Gasteiger partial charge in [-0.05, 0) is 36.7 Å². The van der Waals surface area contributed by atoms with Crippen molar-refractivity contribution in [2.24, 2.45) is 0 Å². The molecule has 0 spiro atoms. The zero-order valence-corrected chi connectivity index (χ0v) is 17.9. The Morgan fingerprint density at radius 2 is 1.87 bits per heavy atom. The summed E-state index contributed by atoms with van der Waals surface area (Å²) in [5, 5.41) is 19.9. The van der Waals surface area contributed by atoms with Gasteiger partial charge in [0.25, 0.3) is 10.9 Å². The first kappa shape index (κ1) is 21.2. The van der Waals surface area contributed by atoms with E-state index in [1.165, 1.54) is 22.9 Å². The van der Waals surface area contributed by atoms with E-state index in [1.54, 1.807) is 0 Å². The third kappa shape index (κ3) is 4.51. The minimum atomic E-state index is -3.83. The van der Waals surface area contributed by atoms with Crippen LogP contribution in [0.5, 0.6) is 0 Å². The molecule has 12 heteroatoms. The van der Waals surface area contributed by atoms with Gasteiger partial charge in [0.15, 0.2) is 0 Å². The molecule has 0 unspecified atom stereocenters. The van der Waals surface area contributed by atoms with Crippen LogP contribution in [0.4, 0.5) is 5.69 Å². The highest BCUT2D eigenvalue weighted by Gasteiger charge is 2.30. The van der Waals surface area contributed by atoms with Crippen LogP contribution < -0.4 is 0 Å². The molecular weight excluding hydrogens is 432 g/mol. The molecule has 4 rings (SSSR count). The lowest BCUT2D eigenvalue weighted by atomic mass is 9.89. The topological polar surface area (TPSA) is 129 Å². The number of aromatic nitrogens is 2. The van der Waals surface area contributed by atoms with E-state index < -0.39 is 14.9 Å². The molecular formula is C18H22N4O6S2. The summed E-state index contributed by atoms with van der Waals surface area (Å²) in [6.45, 7) is 1.04. The maximum Gasteiger partial charge on any atom is 0.284 e. The molecule has 0 radical (unpaired) electrons. The molecule has 10 nitrogen and oxygen atoms in total. The Bertz CT molecular complexity index is 1010. The lowest BCUT2D eigenvalue weighted by molar-refractivity contribution is -0.388. The fraction of sp³-hybridized carbons (Fsp3) is 0.556. The number of ether oxygens (including phenoxy) is 1. The van der Waals surface area contributed by atoms with Gasteiger partial charge in [0.05, 0.1) is 27.9 Å². The number of hydrogen-bond donors (Lipinski definition) is 0. The average molecular weight is 455 g/mol. The van der Waals surface area contributed by atoms with E-state index in [0.29, 0.717) is 19.1 Å². The van der Waals surface area contributed by atoms with Crippen molar-refractivity contribution in [1.82, 2.24) is 14.5 Å². The van der Waals surface area contributed by atoms with Crippen molar-refractivity contribution < 1.29 is 22.5 Å². The molecule has 1 aliphatic carbocycles. The smallest absolute Gasteiger partial charge is 0.284 e. The number of nitro groups is 1. The number of nitrogens with zero attached hydrogens (tertiary/aromatic N) is 4. The molecule has 1 saturated heterocycles. The Hall–Kier alpha value is -2.02. The average Bonchev–Trinajstić information content (AvgIpc) is 3.23. The van der Waals surface area contributed by atoms with Gasteiger partial charge >= 0.3 is 0 Å². The van der Waals surface area contributed by atoms with Gasteiger partial charge in [-0.2, -0.15) is 4.31 Å². The Labute approximate surface area is 178 Å². The summed E-state index contributed by atoms with van der Waals surface area (Å²) in [5.41, 5.74) is -0.313. The molecule has 2 aromatic rings. The first-order chi connectivity index (χ1) is 14.4. The highest BCUT2D eigenvalue weighted by Crippen LogP contribution is 2.38. The van der Waals surface area contributed by atoms with Crippen molar-refractivity contribution >= 4 is 27.5 Å². The molecule has 0 atom stereocenters. The van der Waals surface area contributed by atoms with Gasteiger partial charge in [0, 0.05) is 25.1 Å². The van der Waals surface area contributed by atoms with Crippen LogP contribution in [0.15, 0.2) is 37.6 Å². The Balaban J connectivity index is 1.57. The molecule has 1 aliphatic heterocycles. The van der Waals surface area contributed by atoms with Gasteiger partial charge in [-0.15, -0.1) is 10.2 Å². The second-order valence-corrected chi connectivity index (χ2v) is 10.2. The van der Waals surface area contributed by atoms with Crippen LogP contribution in [0.25, 0.3) is 0 Å². The number of nitro benzene ring substituents is 1. The predicted octanol–water partition coefficient (Wildman–Crippen LogP) is 3.20. The van der Waals surface area contributed by atoms with Gasteiger partial charge < -0.3 is 9.15 Å². The lowest BCUT2D eigenvalue weighted by Crippen LogP contribution is -2.40. The van der Waals surface area contributed by atoms with E-state index in [4.69, 9.17) is 9.15 Å². The number of hydrogen-bond acceptors (Lipinski definition) is 9. The van der Waals surface area contributed by atoms with E-state index in [1.807, 2.05) is 0 Å². The fourth-order valence-electron chi connectivity index (χ4n) is 3.69. The zero-order chi connectivity index (χ0) is 21.1. The van der Waals surface area contributed by atoms with Crippen LogP contribution in [0.2, 0.25) is 0 Å². The van der Waals surface area contributed by atoms with Crippen LogP contribution >= 0.6 is 11.8 Å². The standard InChI is InChI=1S/C18H22N4O6S2/c23-22(24)15-12-14(30(25,26)21-8-10-27-11-9-21)6-7-16(15)29-18-20-19-17(28-18)13-4-2-1-3-5-13/h6-7,12-13H,1-5,8-11H2. The second-order valence-electron chi connectivity index (χ2n) is 7.25. The largest absolute Gasteiger partial charge is 0.415 e. The molecule has 1 aromatic carbocycles. The minimum Gasteiger partial charge on any atom is -0.415 e. The molecule has 162 valence electrons. The summed E-state index contributed by atoms with van der Waals surface area (Å²) in [6, 6.07) is 3.88. The van der Waals surface area contributed by atoms with Crippen molar-refractivity contribution in [2.75, 3.05) is 26.3 Å². The first-order valence-electron chi connectivity index (χ1n) is 9.83. The van der Waals surface area contributed by atoms with Crippen LogP contribution in [0.3, 0.4) is 0 Å². The molecule has 0 bridgehead atoms. The van der Waals surface area contributed by atoms with Crippen molar-refractivity contribution in [3.05, 3.63) is 34.2 Å². The van der Waals surface area contributed by atoms with Crippen molar-refractivity contribution in [3.8, 4) is 0 Å². The van der Waals surface area contributed by atoms with Crippen molar-refractivity contribution in [1.29, 1.82) is 0 Å². The Morgan fingerprint density at radius 3 is 2.57 bits per heavy atom. The highest BCUT2D eigenvalue weighted by molar-refractivity contribution is 7.99. The third-order valence-electron chi connectivity index (χ3n) is 5.31. The minimum absolute atomic E-state index is 0.117. The van der Waals surface area contributed by atoms with E-state index in [0.717, 1.165) is 43.5 Å². The second kappa shape index (κ2) is 9.00. The van der Waals surface area contributed by atoms with E-state index >= 15 is 0 Å². The monoisotopic (exact) mass is 454 g/mol. The number of benzene rings is 1. The van der Waals surface area contributed by atoms with Gasteiger partial charge in [-0.1, -0.05) is 19.3 Å². The number of morpholine rings is 1. The third-order valence-corrected chi connectivity index (χ3v) is 8.11. The van der Waals surface area contributed by atoms with Gasteiger partial charge in [0.2, 0.25) is 15.9 Å². The van der Waals surface area contributed by atoms with Crippen LogP contribution in [-0.4, -0.2) is 54.1 Å². The Morgan fingerprint density at radius 1 is 1.13 bits per heavy atom. The van der Waals surface area contributed by atoms with Crippen molar-refractivity contribution in [2.45, 2.75) is 53.0 Å². The summed E-state index contributed by atoms with van der Waals surface area (Å²) in [7, 11) is -3.83. The summed E-state index contributed by atoms with van der Waals surface area (Å²) in [6.07, 6.45) is 5.46. The quantitative estimate of drug-likeness (QED) is 0.477.